The summed E-state index contributed by atoms with van der Waals surface area (Å²) >= 11 is 0. The van der Waals surface area contributed by atoms with E-state index in [4.69, 9.17) is 4.74 Å². The number of aromatic nitrogens is 1. The van der Waals surface area contributed by atoms with Gasteiger partial charge < -0.3 is 20.3 Å². The highest BCUT2D eigenvalue weighted by molar-refractivity contribution is 6.04. The van der Waals surface area contributed by atoms with Gasteiger partial charge in [0.1, 0.15) is 11.6 Å². The number of hydrogen-bond acceptors (Lipinski definition) is 5. The van der Waals surface area contributed by atoms with Crippen LogP contribution >= 0.6 is 0 Å². The second-order valence-corrected chi connectivity index (χ2v) is 7.36. The first kappa shape index (κ1) is 18.3. The van der Waals surface area contributed by atoms with E-state index in [1.165, 1.54) is 0 Å². The van der Waals surface area contributed by atoms with Crippen LogP contribution in [-0.4, -0.2) is 37.0 Å². The number of ether oxygens (including phenoxy) is 1. The molecule has 1 aliphatic heterocycles. The largest absolute Gasteiger partial charge is 0.497 e. The van der Waals surface area contributed by atoms with Crippen LogP contribution in [-0.2, 0) is 4.79 Å². The van der Waals surface area contributed by atoms with E-state index in [1.807, 2.05) is 31.2 Å². The second kappa shape index (κ2) is 7.50. The SMILES string of the molecule is COc1ccc([C@@H](C)NC(=O)c2cnc3c(c2)N(CC2CC2)C(=O)CN3)cc1. The Morgan fingerprint density at radius 3 is 2.79 bits per heavy atom. The zero-order valence-electron chi connectivity index (χ0n) is 16.1. The van der Waals surface area contributed by atoms with Crippen molar-refractivity contribution in [2.45, 2.75) is 25.8 Å². The summed E-state index contributed by atoms with van der Waals surface area (Å²) in [5, 5.41) is 6.03. The van der Waals surface area contributed by atoms with Crippen LogP contribution in [0.15, 0.2) is 36.5 Å². The highest BCUT2D eigenvalue weighted by atomic mass is 16.5. The lowest BCUT2D eigenvalue weighted by Gasteiger charge is -2.29. The van der Waals surface area contributed by atoms with Gasteiger partial charge in [0.15, 0.2) is 0 Å². The van der Waals surface area contributed by atoms with Gasteiger partial charge in [-0.15, -0.1) is 0 Å². The zero-order chi connectivity index (χ0) is 19.7. The van der Waals surface area contributed by atoms with Crippen molar-refractivity contribution in [2.75, 3.05) is 30.4 Å². The first-order valence-electron chi connectivity index (χ1n) is 9.54. The summed E-state index contributed by atoms with van der Waals surface area (Å²) in [7, 11) is 1.62. The van der Waals surface area contributed by atoms with E-state index in [-0.39, 0.29) is 24.4 Å². The average molecular weight is 380 g/mol. The van der Waals surface area contributed by atoms with Crippen molar-refractivity contribution in [2.24, 2.45) is 5.92 Å². The number of amides is 2. The summed E-state index contributed by atoms with van der Waals surface area (Å²) in [5.74, 6) is 1.78. The van der Waals surface area contributed by atoms with Gasteiger partial charge in [0.2, 0.25) is 5.91 Å². The van der Waals surface area contributed by atoms with Gasteiger partial charge in [0.05, 0.1) is 30.9 Å². The Morgan fingerprint density at radius 2 is 2.11 bits per heavy atom. The number of carbonyl (C=O) groups is 2. The molecule has 0 saturated heterocycles. The third kappa shape index (κ3) is 3.78. The molecule has 7 heteroatoms. The number of nitrogens with zero attached hydrogens (tertiary/aromatic N) is 2. The number of methoxy groups -OCH3 is 1. The summed E-state index contributed by atoms with van der Waals surface area (Å²) in [5.41, 5.74) is 2.11. The second-order valence-electron chi connectivity index (χ2n) is 7.36. The maximum atomic E-state index is 12.8. The minimum atomic E-state index is -0.219. The Bertz CT molecular complexity index is 893. The normalized spacial score (nSPS) is 16.8. The third-order valence-corrected chi connectivity index (χ3v) is 5.23. The molecule has 1 saturated carbocycles. The maximum Gasteiger partial charge on any atom is 0.253 e. The molecule has 4 rings (SSSR count). The van der Waals surface area contributed by atoms with Gasteiger partial charge in [0.25, 0.3) is 5.91 Å². The number of hydrogen-bond donors (Lipinski definition) is 2. The van der Waals surface area contributed by atoms with E-state index in [2.05, 4.69) is 15.6 Å². The topological polar surface area (TPSA) is 83.6 Å². The highest BCUT2D eigenvalue weighted by Crippen LogP contribution is 2.35. The fraction of sp³-hybridized carbons (Fsp3) is 0.381. The fourth-order valence-electron chi connectivity index (χ4n) is 3.32. The Balaban J connectivity index is 1.51. The van der Waals surface area contributed by atoms with Crippen molar-refractivity contribution < 1.29 is 14.3 Å². The molecule has 7 nitrogen and oxygen atoms in total. The Kier molecular flexibility index (Phi) is 4.90. The number of rotatable bonds is 6. The van der Waals surface area contributed by atoms with E-state index in [0.29, 0.717) is 29.5 Å². The minimum absolute atomic E-state index is 0.0189. The van der Waals surface area contributed by atoms with Gasteiger partial charge in [0, 0.05) is 12.7 Å². The molecule has 2 heterocycles. The van der Waals surface area contributed by atoms with Gasteiger partial charge in [-0.2, -0.15) is 0 Å². The van der Waals surface area contributed by atoms with E-state index >= 15 is 0 Å². The number of fused-ring (bicyclic) bond motifs is 1. The molecule has 0 bridgehead atoms. The van der Waals surface area contributed by atoms with Crippen LogP contribution in [0.1, 0.15) is 41.7 Å². The number of nitrogens with one attached hydrogen (secondary N) is 2. The lowest BCUT2D eigenvalue weighted by Crippen LogP contribution is -2.41. The molecule has 1 aliphatic carbocycles. The Labute approximate surface area is 164 Å². The molecule has 1 fully saturated rings. The van der Waals surface area contributed by atoms with Crippen molar-refractivity contribution in [1.29, 1.82) is 0 Å². The number of carbonyl (C=O) groups excluding carboxylic acids is 2. The van der Waals surface area contributed by atoms with Gasteiger partial charge in [-0.05, 0) is 49.4 Å². The summed E-state index contributed by atoms with van der Waals surface area (Å²) < 4.78 is 5.17. The van der Waals surface area contributed by atoms with Crippen molar-refractivity contribution >= 4 is 23.3 Å². The van der Waals surface area contributed by atoms with Gasteiger partial charge >= 0.3 is 0 Å². The lowest BCUT2D eigenvalue weighted by atomic mass is 10.1. The predicted molar refractivity (Wildman–Crippen MR) is 107 cm³/mol. The third-order valence-electron chi connectivity index (χ3n) is 5.23. The molecule has 28 heavy (non-hydrogen) atoms. The van der Waals surface area contributed by atoms with E-state index in [9.17, 15) is 9.59 Å². The van der Waals surface area contributed by atoms with Gasteiger partial charge in [-0.25, -0.2) is 4.98 Å². The van der Waals surface area contributed by atoms with Crippen LogP contribution in [0.4, 0.5) is 11.5 Å². The van der Waals surface area contributed by atoms with E-state index in [0.717, 1.165) is 24.2 Å². The molecular formula is C21H24N4O3. The standard InChI is InChI=1S/C21H24N4O3/c1-13(15-5-7-17(28-2)8-6-15)24-21(27)16-9-18-20(22-10-16)23-11-19(26)25(18)12-14-3-4-14/h5-10,13-14H,3-4,11-12H2,1-2H3,(H,22,23)(H,24,27)/t13-/m1/s1. The van der Waals surface area contributed by atoms with E-state index < -0.39 is 0 Å². The molecular weight excluding hydrogens is 356 g/mol. The average Bonchev–Trinajstić information content (AvgIpc) is 3.54. The quantitative estimate of drug-likeness (QED) is 0.805. The maximum absolute atomic E-state index is 12.8. The van der Waals surface area contributed by atoms with E-state index in [1.54, 1.807) is 24.3 Å². The monoisotopic (exact) mass is 380 g/mol. The molecule has 1 aromatic carbocycles. The fourth-order valence-corrected chi connectivity index (χ4v) is 3.32. The van der Waals surface area contributed by atoms with Crippen molar-refractivity contribution in [3.8, 4) is 5.75 Å². The number of pyridine rings is 1. The first-order chi connectivity index (χ1) is 13.5. The summed E-state index contributed by atoms with van der Waals surface area (Å²) in [4.78, 5) is 31.2. The van der Waals surface area contributed by atoms with Crippen molar-refractivity contribution in [1.82, 2.24) is 10.3 Å². The molecule has 0 spiro atoms. The molecule has 0 unspecified atom stereocenters. The van der Waals surface area contributed by atoms with Gasteiger partial charge in [-0.3, -0.25) is 9.59 Å². The molecule has 2 N–H and O–H groups in total. The van der Waals surface area contributed by atoms with Crippen LogP contribution in [0.2, 0.25) is 0 Å². The Hall–Kier alpha value is -3.09. The molecule has 1 aromatic heterocycles. The smallest absolute Gasteiger partial charge is 0.253 e. The van der Waals surface area contributed by atoms with Gasteiger partial charge in [-0.1, -0.05) is 12.1 Å². The summed E-state index contributed by atoms with van der Waals surface area (Å²) in [6, 6.07) is 9.17. The molecule has 2 aliphatic rings. The summed E-state index contributed by atoms with van der Waals surface area (Å²) in [6.07, 6.45) is 3.85. The highest BCUT2D eigenvalue weighted by Gasteiger charge is 2.32. The van der Waals surface area contributed by atoms with Crippen molar-refractivity contribution in [3.05, 3.63) is 47.7 Å². The zero-order valence-corrected chi connectivity index (χ0v) is 16.1. The lowest BCUT2D eigenvalue weighted by molar-refractivity contribution is -0.117. The number of anilines is 2. The predicted octanol–water partition coefficient (Wildman–Crippen LogP) is 2.75. The van der Waals surface area contributed by atoms with Crippen LogP contribution in [0.3, 0.4) is 0 Å². The minimum Gasteiger partial charge on any atom is -0.497 e. The molecule has 2 aromatic rings. The van der Waals surface area contributed by atoms with Crippen LogP contribution in [0.5, 0.6) is 5.75 Å². The molecule has 0 radical (unpaired) electrons. The van der Waals surface area contributed by atoms with Crippen molar-refractivity contribution in [3.63, 3.8) is 0 Å². The summed E-state index contributed by atoms with van der Waals surface area (Å²) in [6.45, 7) is 2.87. The van der Waals surface area contributed by atoms with Crippen LogP contribution < -0.4 is 20.3 Å². The molecule has 2 amide bonds. The Morgan fingerprint density at radius 1 is 1.36 bits per heavy atom. The molecule has 146 valence electrons. The first-order valence-corrected chi connectivity index (χ1v) is 9.54. The number of benzene rings is 1. The van der Waals surface area contributed by atoms with Crippen LogP contribution in [0, 0.1) is 5.92 Å². The van der Waals surface area contributed by atoms with Crippen LogP contribution in [0.25, 0.3) is 0 Å². The molecule has 1 atom stereocenters.